The lowest BCUT2D eigenvalue weighted by molar-refractivity contribution is 0.0697. The summed E-state index contributed by atoms with van der Waals surface area (Å²) in [6, 6.07) is 4.24. The number of aromatic hydroxyl groups is 1. The fourth-order valence-electron chi connectivity index (χ4n) is 1.67. The lowest BCUT2D eigenvalue weighted by Gasteiger charge is -2.22. The average molecular weight is 316 g/mol. The molecule has 0 aliphatic carbocycles. The molecular formula is C13H18ClN3O4. The van der Waals surface area contributed by atoms with Gasteiger partial charge in [0.15, 0.2) is 0 Å². The Labute approximate surface area is 127 Å². The van der Waals surface area contributed by atoms with E-state index >= 15 is 0 Å². The van der Waals surface area contributed by atoms with E-state index in [0.29, 0.717) is 18.2 Å². The molecule has 4 N–H and O–H groups in total. The number of phenolic OH excluding ortho intramolecular Hbond substituents is 1. The number of amidine groups is 1. The molecule has 0 aliphatic heterocycles. The van der Waals surface area contributed by atoms with E-state index in [2.05, 4.69) is 5.16 Å². The number of halogens is 1. The number of rotatable bonds is 7. The molecule has 0 heterocycles. The van der Waals surface area contributed by atoms with Gasteiger partial charge in [-0.25, -0.2) is 0 Å². The second-order valence-electron chi connectivity index (χ2n) is 4.29. The highest BCUT2D eigenvalue weighted by Gasteiger charge is 2.19. The summed E-state index contributed by atoms with van der Waals surface area (Å²) in [4.78, 5) is 13.9. The topological polar surface area (TPSA) is 108 Å². The Hall–Kier alpha value is -1.99. The van der Waals surface area contributed by atoms with Crippen molar-refractivity contribution in [3.05, 3.63) is 28.8 Å². The molecule has 0 radical (unpaired) electrons. The molecule has 0 atom stereocenters. The van der Waals surface area contributed by atoms with Crippen molar-refractivity contribution in [3.63, 3.8) is 0 Å². The second kappa shape index (κ2) is 8.33. The van der Waals surface area contributed by atoms with E-state index in [1.807, 2.05) is 0 Å². The molecule has 0 saturated carbocycles. The standard InChI is InChI=1S/C13H18ClN3O4/c1-21-7-6-17(5-4-12(15)16-20)13(19)10-8-9(14)2-3-11(10)18/h2-3,8,18,20H,4-7H2,1H3,(H2,15,16). The van der Waals surface area contributed by atoms with E-state index in [1.54, 1.807) is 0 Å². The number of amides is 1. The van der Waals surface area contributed by atoms with Gasteiger partial charge in [-0.3, -0.25) is 4.79 Å². The molecule has 1 aromatic carbocycles. The summed E-state index contributed by atoms with van der Waals surface area (Å²) in [5.41, 5.74) is 5.50. The van der Waals surface area contributed by atoms with Gasteiger partial charge in [-0.1, -0.05) is 16.8 Å². The summed E-state index contributed by atoms with van der Waals surface area (Å²) in [5, 5.41) is 21.5. The Balaban J connectivity index is 2.90. The number of phenols is 1. The lowest BCUT2D eigenvalue weighted by atomic mass is 10.1. The highest BCUT2D eigenvalue weighted by molar-refractivity contribution is 6.31. The molecule has 0 fully saturated rings. The zero-order chi connectivity index (χ0) is 15.8. The SMILES string of the molecule is COCCN(CCC(N)=NO)C(=O)c1cc(Cl)ccc1O. The van der Waals surface area contributed by atoms with Crippen LogP contribution in [-0.2, 0) is 4.74 Å². The monoisotopic (exact) mass is 315 g/mol. The van der Waals surface area contributed by atoms with Crippen molar-refractivity contribution < 1.29 is 19.8 Å². The van der Waals surface area contributed by atoms with Crippen LogP contribution in [-0.4, -0.2) is 53.8 Å². The first-order valence-electron chi connectivity index (χ1n) is 6.22. The maximum Gasteiger partial charge on any atom is 0.257 e. The van der Waals surface area contributed by atoms with Crippen molar-refractivity contribution in [1.82, 2.24) is 4.90 Å². The summed E-state index contributed by atoms with van der Waals surface area (Å²) in [6.45, 7) is 0.854. The van der Waals surface area contributed by atoms with Crippen LogP contribution < -0.4 is 5.73 Å². The molecule has 0 aromatic heterocycles. The van der Waals surface area contributed by atoms with E-state index in [9.17, 15) is 9.90 Å². The molecule has 1 amide bonds. The van der Waals surface area contributed by atoms with E-state index in [1.165, 1.54) is 30.2 Å². The third-order valence-electron chi connectivity index (χ3n) is 2.81. The molecule has 0 unspecified atom stereocenters. The van der Waals surface area contributed by atoms with Crippen molar-refractivity contribution in [2.75, 3.05) is 26.8 Å². The largest absolute Gasteiger partial charge is 0.507 e. The Morgan fingerprint density at radius 3 is 2.81 bits per heavy atom. The maximum atomic E-state index is 12.4. The molecule has 1 aromatic rings. The van der Waals surface area contributed by atoms with Gasteiger partial charge in [-0.05, 0) is 18.2 Å². The van der Waals surface area contributed by atoms with Crippen LogP contribution in [0.1, 0.15) is 16.8 Å². The highest BCUT2D eigenvalue weighted by Crippen LogP contribution is 2.23. The van der Waals surface area contributed by atoms with Gasteiger partial charge >= 0.3 is 0 Å². The molecule has 116 valence electrons. The first kappa shape index (κ1) is 17.1. The quantitative estimate of drug-likeness (QED) is 0.304. The van der Waals surface area contributed by atoms with Gasteiger partial charge in [0.1, 0.15) is 11.6 Å². The van der Waals surface area contributed by atoms with Crippen LogP contribution in [0.4, 0.5) is 0 Å². The summed E-state index contributed by atoms with van der Waals surface area (Å²) < 4.78 is 4.95. The molecule has 7 nitrogen and oxygen atoms in total. The second-order valence-corrected chi connectivity index (χ2v) is 4.72. The molecule has 1 rings (SSSR count). The Morgan fingerprint density at radius 2 is 2.19 bits per heavy atom. The minimum absolute atomic E-state index is 0.0144. The van der Waals surface area contributed by atoms with Gasteiger partial charge in [0, 0.05) is 31.6 Å². The third-order valence-corrected chi connectivity index (χ3v) is 3.04. The molecular weight excluding hydrogens is 298 g/mol. The van der Waals surface area contributed by atoms with Gasteiger partial charge in [0.05, 0.1) is 12.2 Å². The molecule has 0 bridgehead atoms. The number of nitrogens with zero attached hydrogens (tertiary/aromatic N) is 2. The fraction of sp³-hybridized carbons (Fsp3) is 0.385. The van der Waals surface area contributed by atoms with Gasteiger partial charge < -0.3 is 25.7 Å². The van der Waals surface area contributed by atoms with Gasteiger partial charge in [0.25, 0.3) is 5.91 Å². The van der Waals surface area contributed by atoms with Crippen molar-refractivity contribution >= 4 is 23.3 Å². The number of ether oxygens (including phenoxy) is 1. The maximum absolute atomic E-state index is 12.4. The van der Waals surface area contributed by atoms with E-state index < -0.39 is 5.91 Å². The normalized spacial score (nSPS) is 11.4. The summed E-state index contributed by atoms with van der Waals surface area (Å²) >= 11 is 5.84. The lowest BCUT2D eigenvalue weighted by Crippen LogP contribution is -2.36. The number of benzene rings is 1. The van der Waals surface area contributed by atoms with Crippen molar-refractivity contribution in [1.29, 1.82) is 0 Å². The van der Waals surface area contributed by atoms with Crippen LogP contribution in [0.25, 0.3) is 0 Å². The number of methoxy groups -OCH3 is 1. The van der Waals surface area contributed by atoms with Crippen LogP contribution in [0, 0.1) is 0 Å². The Kier molecular flexibility index (Phi) is 6.77. The van der Waals surface area contributed by atoms with E-state index in [4.69, 9.17) is 27.3 Å². The highest BCUT2D eigenvalue weighted by atomic mass is 35.5. The predicted octanol–water partition coefficient (Wildman–Crippen LogP) is 1.27. The van der Waals surface area contributed by atoms with Gasteiger partial charge in [0.2, 0.25) is 0 Å². The number of carbonyl (C=O) groups is 1. The van der Waals surface area contributed by atoms with Crippen LogP contribution in [0.15, 0.2) is 23.4 Å². The fourth-order valence-corrected chi connectivity index (χ4v) is 1.84. The summed E-state index contributed by atoms with van der Waals surface area (Å²) in [7, 11) is 1.52. The first-order chi connectivity index (χ1) is 9.99. The van der Waals surface area contributed by atoms with E-state index in [0.717, 1.165) is 0 Å². The van der Waals surface area contributed by atoms with Crippen molar-refractivity contribution in [3.8, 4) is 5.75 Å². The van der Waals surface area contributed by atoms with Gasteiger partial charge in [-0.2, -0.15) is 0 Å². The molecule has 0 aliphatic rings. The predicted molar refractivity (Wildman–Crippen MR) is 78.9 cm³/mol. The molecule has 0 saturated heterocycles. The third kappa shape index (κ3) is 5.13. The molecule has 21 heavy (non-hydrogen) atoms. The first-order valence-corrected chi connectivity index (χ1v) is 6.60. The van der Waals surface area contributed by atoms with E-state index in [-0.39, 0.29) is 30.1 Å². The number of oxime groups is 1. The number of nitrogens with two attached hydrogens (primary N) is 1. The van der Waals surface area contributed by atoms with Crippen LogP contribution in [0.3, 0.4) is 0 Å². The van der Waals surface area contributed by atoms with Crippen LogP contribution in [0.2, 0.25) is 5.02 Å². The Bertz CT molecular complexity index is 522. The average Bonchev–Trinajstić information content (AvgIpc) is 2.48. The summed E-state index contributed by atoms with van der Waals surface area (Å²) in [5.74, 6) is -0.547. The smallest absolute Gasteiger partial charge is 0.257 e. The Morgan fingerprint density at radius 1 is 1.48 bits per heavy atom. The molecule has 0 spiro atoms. The molecule has 8 heteroatoms. The zero-order valence-corrected chi connectivity index (χ0v) is 12.4. The summed E-state index contributed by atoms with van der Waals surface area (Å²) in [6.07, 6.45) is 0.202. The minimum atomic E-state index is -0.405. The number of hydrogen-bond donors (Lipinski definition) is 3. The number of carbonyl (C=O) groups excluding carboxylic acids is 1. The van der Waals surface area contributed by atoms with Crippen LogP contribution >= 0.6 is 11.6 Å². The number of hydrogen-bond acceptors (Lipinski definition) is 5. The van der Waals surface area contributed by atoms with Crippen molar-refractivity contribution in [2.45, 2.75) is 6.42 Å². The van der Waals surface area contributed by atoms with Crippen molar-refractivity contribution in [2.24, 2.45) is 10.9 Å². The van der Waals surface area contributed by atoms with Gasteiger partial charge in [-0.15, -0.1) is 0 Å². The van der Waals surface area contributed by atoms with Crippen LogP contribution in [0.5, 0.6) is 5.75 Å². The minimum Gasteiger partial charge on any atom is -0.507 e. The zero-order valence-electron chi connectivity index (χ0n) is 11.6.